The van der Waals surface area contributed by atoms with E-state index in [-0.39, 0.29) is 0 Å². The lowest BCUT2D eigenvalue weighted by Gasteiger charge is -2.37. The number of rotatable bonds is 6. The molecule has 0 unspecified atom stereocenters. The Morgan fingerprint density at radius 1 is 0.900 bits per heavy atom. The Balaban J connectivity index is 1.29. The summed E-state index contributed by atoms with van der Waals surface area (Å²) >= 11 is 0. The van der Waals surface area contributed by atoms with E-state index in [9.17, 15) is 5.11 Å². The highest BCUT2D eigenvalue weighted by molar-refractivity contribution is 5.47. The zero-order chi connectivity index (χ0) is 20.3. The Labute approximate surface area is 180 Å². The Bertz CT molecular complexity index is 845. The van der Waals surface area contributed by atoms with Gasteiger partial charge >= 0.3 is 0 Å². The molecule has 2 aromatic rings. The van der Waals surface area contributed by atoms with Crippen LogP contribution in [0.2, 0.25) is 0 Å². The fourth-order valence-electron chi connectivity index (χ4n) is 5.63. The zero-order valence-corrected chi connectivity index (χ0v) is 17.9. The molecule has 5 rings (SSSR count). The van der Waals surface area contributed by atoms with E-state index in [1.165, 1.54) is 68.4 Å². The highest BCUT2D eigenvalue weighted by Gasteiger charge is 2.36. The van der Waals surface area contributed by atoms with E-state index in [0.717, 1.165) is 31.9 Å². The number of hydrogen-bond donors (Lipinski definition) is 1. The fourth-order valence-corrected chi connectivity index (χ4v) is 5.63. The summed E-state index contributed by atoms with van der Waals surface area (Å²) in [5, 5.41) is 9.69. The predicted molar refractivity (Wildman–Crippen MR) is 120 cm³/mol. The number of nitrogens with zero attached hydrogens (tertiary/aromatic N) is 2. The van der Waals surface area contributed by atoms with E-state index in [2.05, 4.69) is 40.1 Å². The third-order valence-electron chi connectivity index (χ3n) is 7.20. The van der Waals surface area contributed by atoms with Crippen LogP contribution >= 0.6 is 0 Å². The largest absolute Gasteiger partial charge is 0.508 e. The smallest absolute Gasteiger partial charge is 0.119 e. The van der Waals surface area contributed by atoms with Crippen molar-refractivity contribution in [3.8, 4) is 11.5 Å². The standard InChI is InChI=1S/C26H34N2O2/c29-21-9-7-20(8-10-21)25-19-28-16-4-6-26(28)24-18-22(11-12-23(24)25)30-17-5-15-27-13-2-1-3-14-27/h7-12,18,25-26,29H,1-6,13-17,19H2/t25-,26+/m1/s1. The van der Waals surface area contributed by atoms with Crippen LogP contribution in [0.3, 0.4) is 0 Å². The van der Waals surface area contributed by atoms with Gasteiger partial charge in [-0.3, -0.25) is 4.90 Å². The van der Waals surface area contributed by atoms with E-state index >= 15 is 0 Å². The minimum atomic E-state index is 0.335. The summed E-state index contributed by atoms with van der Waals surface area (Å²) in [6.45, 7) is 6.72. The molecule has 3 aliphatic rings. The van der Waals surface area contributed by atoms with Crippen LogP contribution in [-0.2, 0) is 0 Å². The van der Waals surface area contributed by atoms with Crippen molar-refractivity contribution >= 4 is 0 Å². The van der Waals surface area contributed by atoms with Crippen molar-refractivity contribution in [3.05, 3.63) is 59.2 Å². The number of hydrogen-bond acceptors (Lipinski definition) is 4. The van der Waals surface area contributed by atoms with Crippen LogP contribution in [0.25, 0.3) is 0 Å². The Kier molecular flexibility index (Phi) is 5.96. The molecule has 1 N–H and O–H groups in total. The lowest BCUT2D eigenvalue weighted by molar-refractivity contribution is 0.204. The van der Waals surface area contributed by atoms with Gasteiger partial charge in [0.05, 0.1) is 6.61 Å². The van der Waals surface area contributed by atoms with Crippen molar-refractivity contribution in [1.29, 1.82) is 0 Å². The summed E-state index contributed by atoms with van der Waals surface area (Å²) in [4.78, 5) is 5.22. The molecule has 0 aromatic heterocycles. The van der Waals surface area contributed by atoms with Crippen LogP contribution in [0.4, 0.5) is 0 Å². The number of phenolic OH excluding ortho intramolecular Hbond substituents is 1. The van der Waals surface area contributed by atoms with Gasteiger partial charge in [-0.2, -0.15) is 0 Å². The van der Waals surface area contributed by atoms with Gasteiger partial charge in [0.15, 0.2) is 0 Å². The molecule has 4 nitrogen and oxygen atoms in total. The van der Waals surface area contributed by atoms with Crippen LogP contribution in [0.5, 0.6) is 11.5 Å². The molecule has 0 bridgehead atoms. The Hall–Kier alpha value is -2.04. The molecule has 0 aliphatic carbocycles. The quantitative estimate of drug-likeness (QED) is 0.690. The molecule has 3 aliphatic heterocycles. The van der Waals surface area contributed by atoms with Crippen LogP contribution < -0.4 is 4.74 Å². The second-order valence-electron chi connectivity index (χ2n) is 9.19. The summed E-state index contributed by atoms with van der Waals surface area (Å²) in [5.41, 5.74) is 4.17. The predicted octanol–water partition coefficient (Wildman–Crippen LogP) is 4.93. The minimum absolute atomic E-state index is 0.335. The van der Waals surface area contributed by atoms with E-state index in [1.807, 2.05) is 12.1 Å². The van der Waals surface area contributed by atoms with E-state index < -0.39 is 0 Å². The molecule has 2 saturated heterocycles. The van der Waals surface area contributed by atoms with Crippen molar-refractivity contribution in [2.75, 3.05) is 39.3 Å². The molecule has 30 heavy (non-hydrogen) atoms. The molecule has 2 aromatic carbocycles. The summed E-state index contributed by atoms with van der Waals surface area (Å²) in [6, 6.07) is 15.1. The van der Waals surface area contributed by atoms with Crippen molar-refractivity contribution < 1.29 is 9.84 Å². The lowest BCUT2D eigenvalue weighted by Crippen LogP contribution is -2.34. The van der Waals surface area contributed by atoms with Crippen LogP contribution in [-0.4, -0.2) is 54.2 Å². The topological polar surface area (TPSA) is 35.9 Å². The molecular formula is C26H34N2O2. The van der Waals surface area contributed by atoms with Crippen molar-refractivity contribution in [2.24, 2.45) is 0 Å². The highest BCUT2D eigenvalue weighted by atomic mass is 16.5. The molecule has 3 heterocycles. The second kappa shape index (κ2) is 8.99. The van der Waals surface area contributed by atoms with Crippen LogP contribution in [0.1, 0.15) is 67.2 Å². The molecule has 2 atom stereocenters. The maximum absolute atomic E-state index is 9.69. The van der Waals surface area contributed by atoms with Gasteiger partial charge in [0.1, 0.15) is 11.5 Å². The number of likely N-dealkylation sites (tertiary alicyclic amines) is 1. The number of phenols is 1. The van der Waals surface area contributed by atoms with Crippen molar-refractivity contribution in [1.82, 2.24) is 9.80 Å². The number of ether oxygens (including phenoxy) is 1. The third-order valence-corrected chi connectivity index (χ3v) is 7.20. The number of benzene rings is 2. The monoisotopic (exact) mass is 406 g/mol. The van der Waals surface area contributed by atoms with Gasteiger partial charge in [0.25, 0.3) is 0 Å². The van der Waals surface area contributed by atoms with Gasteiger partial charge in [-0.25, -0.2) is 0 Å². The minimum Gasteiger partial charge on any atom is -0.508 e. The normalized spacial score (nSPS) is 24.4. The molecule has 2 fully saturated rings. The summed E-state index contributed by atoms with van der Waals surface area (Å²) < 4.78 is 6.19. The van der Waals surface area contributed by atoms with Crippen molar-refractivity contribution in [3.63, 3.8) is 0 Å². The first-order valence-corrected chi connectivity index (χ1v) is 11.8. The lowest BCUT2D eigenvalue weighted by atomic mass is 9.81. The average Bonchev–Trinajstić information content (AvgIpc) is 3.26. The van der Waals surface area contributed by atoms with Gasteiger partial charge in [0.2, 0.25) is 0 Å². The SMILES string of the molecule is Oc1ccc([C@H]2CN3CCC[C@H]3c3cc(OCCCN4CCCCC4)ccc32)cc1. The van der Waals surface area contributed by atoms with Gasteiger partial charge < -0.3 is 14.7 Å². The first-order chi connectivity index (χ1) is 14.8. The summed E-state index contributed by atoms with van der Waals surface area (Å²) in [5.74, 6) is 1.72. The van der Waals surface area contributed by atoms with E-state index in [4.69, 9.17) is 4.74 Å². The molecule has 160 valence electrons. The Morgan fingerprint density at radius 3 is 2.57 bits per heavy atom. The maximum Gasteiger partial charge on any atom is 0.119 e. The molecular weight excluding hydrogens is 372 g/mol. The first-order valence-electron chi connectivity index (χ1n) is 11.8. The highest BCUT2D eigenvalue weighted by Crippen LogP contribution is 2.45. The maximum atomic E-state index is 9.69. The molecule has 0 spiro atoms. The number of fused-ring (bicyclic) bond motifs is 3. The summed E-state index contributed by atoms with van der Waals surface area (Å²) in [6.07, 6.45) is 7.72. The van der Waals surface area contributed by atoms with Gasteiger partial charge in [0, 0.05) is 25.0 Å². The first kappa shape index (κ1) is 19.9. The zero-order valence-electron chi connectivity index (χ0n) is 17.9. The average molecular weight is 407 g/mol. The van der Waals surface area contributed by atoms with E-state index in [0.29, 0.717) is 17.7 Å². The van der Waals surface area contributed by atoms with Crippen molar-refractivity contribution in [2.45, 2.75) is 50.5 Å². The second-order valence-corrected chi connectivity index (χ2v) is 9.19. The molecule has 4 heteroatoms. The van der Waals surface area contributed by atoms with Crippen LogP contribution in [0, 0.1) is 0 Å². The Morgan fingerprint density at radius 2 is 1.73 bits per heavy atom. The molecule has 0 saturated carbocycles. The third kappa shape index (κ3) is 4.21. The van der Waals surface area contributed by atoms with Gasteiger partial charge in [-0.05, 0) is 92.7 Å². The fraction of sp³-hybridized carbons (Fsp3) is 0.538. The number of piperidine rings is 1. The van der Waals surface area contributed by atoms with Gasteiger partial charge in [-0.1, -0.05) is 24.6 Å². The van der Waals surface area contributed by atoms with Crippen LogP contribution in [0.15, 0.2) is 42.5 Å². The summed E-state index contributed by atoms with van der Waals surface area (Å²) in [7, 11) is 0. The number of aromatic hydroxyl groups is 1. The van der Waals surface area contributed by atoms with Gasteiger partial charge in [-0.15, -0.1) is 0 Å². The van der Waals surface area contributed by atoms with E-state index in [1.54, 1.807) is 0 Å². The molecule has 0 amide bonds. The molecule has 0 radical (unpaired) electrons.